The van der Waals surface area contributed by atoms with Crippen LogP contribution in [0.15, 0.2) is 57.7 Å². The van der Waals surface area contributed by atoms with Crippen molar-refractivity contribution in [3.8, 4) is 5.75 Å². The molecule has 0 fully saturated rings. The molecule has 0 aromatic heterocycles. The van der Waals surface area contributed by atoms with Crippen molar-refractivity contribution in [2.75, 3.05) is 13.7 Å². The number of methoxy groups -OCH3 is 1. The molecule has 5 nitrogen and oxygen atoms in total. The second-order valence-corrected chi connectivity index (χ2v) is 8.31. The Morgan fingerprint density at radius 1 is 1.23 bits per heavy atom. The zero-order valence-electron chi connectivity index (χ0n) is 16.6. The van der Waals surface area contributed by atoms with Crippen molar-refractivity contribution in [2.24, 2.45) is 0 Å². The average Bonchev–Trinajstić information content (AvgIpc) is 2.99. The highest BCUT2D eigenvalue weighted by molar-refractivity contribution is 9.10. The van der Waals surface area contributed by atoms with E-state index in [2.05, 4.69) is 21.2 Å². The number of hydrogen-bond acceptors (Lipinski definition) is 5. The van der Waals surface area contributed by atoms with Crippen molar-refractivity contribution in [1.29, 1.82) is 0 Å². The lowest BCUT2D eigenvalue weighted by Gasteiger charge is -2.30. The lowest BCUT2D eigenvalue weighted by molar-refractivity contribution is -0.138. The van der Waals surface area contributed by atoms with Gasteiger partial charge in [-0.2, -0.15) is 0 Å². The standard InChI is InChI=1S/C23H19BrClNO4/c1-4-30-23(28)17-11(2)26-20-13-7-5-6-8-14(13)21(27)19(20)18(17)15-9-12(24)10-16(25)22(15)29-3/h5-10,18,26H,4H2,1-3H3/t18-/m1/s1. The summed E-state index contributed by atoms with van der Waals surface area (Å²) in [5.74, 6) is -0.895. The topological polar surface area (TPSA) is 64.6 Å². The van der Waals surface area contributed by atoms with Gasteiger partial charge in [0.15, 0.2) is 5.78 Å². The van der Waals surface area contributed by atoms with Crippen LogP contribution in [0.2, 0.25) is 5.02 Å². The van der Waals surface area contributed by atoms with E-state index in [4.69, 9.17) is 21.1 Å². The molecule has 1 aliphatic carbocycles. The van der Waals surface area contributed by atoms with Gasteiger partial charge in [0.1, 0.15) is 5.75 Å². The maximum Gasteiger partial charge on any atom is 0.336 e. The number of ether oxygens (including phenoxy) is 2. The summed E-state index contributed by atoms with van der Waals surface area (Å²) in [6, 6.07) is 10.9. The molecule has 1 aliphatic heterocycles. The van der Waals surface area contributed by atoms with Crippen LogP contribution in [0.5, 0.6) is 5.75 Å². The number of allylic oxidation sites excluding steroid dienone is 2. The second kappa shape index (κ2) is 7.93. The number of carbonyl (C=O) groups excluding carboxylic acids is 2. The van der Waals surface area contributed by atoms with Crippen LogP contribution >= 0.6 is 27.5 Å². The average molecular weight is 489 g/mol. The summed E-state index contributed by atoms with van der Waals surface area (Å²) >= 11 is 9.92. The van der Waals surface area contributed by atoms with Crippen LogP contribution in [0.3, 0.4) is 0 Å². The molecule has 0 amide bonds. The number of hydrogen-bond donors (Lipinski definition) is 1. The number of nitrogens with one attached hydrogen (secondary N) is 1. The van der Waals surface area contributed by atoms with E-state index in [0.717, 1.165) is 5.56 Å². The Bertz CT molecular complexity index is 1150. The molecule has 154 valence electrons. The second-order valence-electron chi connectivity index (χ2n) is 6.99. The predicted octanol–water partition coefficient (Wildman–Crippen LogP) is 5.24. The summed E-state index contributed by atoms with van der Waals surface area (Å²) in [6.45, 7) is 3.77. The number of ketones is 1. The number of fused-ring (bicyclic) bond motifs is 2. The van der Waals surface area contributed by atoms with Gasteiger partial charge in [-0.1, -0.05) is 51.8 Å². The maximum absolute atomic E-state index is 13.5. The van der Waals surface area contributed by atoms with Crippen LogP contribution in [0.4, 0.5) is 0 Å². The molecule has 2 aliphatic rings. The van der Waals surface area contributed by atoms with Gasteiger partial charge in [0.05, 0.1) is 35.9 Å². The molecule has 1 atom stereocenters. The molecule has 0 bridgehead atoms. The van der Waals surface area contributed by atoms with Gasteiger partial charge < -0.3 is 14.8 Å². The number of halogens is 2. The first kappa shape index (κ1) is 20.7. The molecule has 2 aromatic rings. The fraction of sp³-hybridized carbons (Fsp3) is 0.217. The number of Topliss-reactive ketones (excluding diaryl/α,β-unsaturated/α-hetero) is 1. The van der Waals surface area contributed by atoms with Crippen molar-refractivity contribution in [3.63, 3.8) is 0 Å². The minimum absolute atomic E-state index is 0.134. The van der Waals surface area contributed by atoms with E-state index in [0.29, 0.717) is 48.9 Å². The number of dihydropyridines is 1. The first-order valence-electron chi connectivity index (χ1n) is 9.45. The van der Waals surface area contributed by atoms with Gasteiger partial charge in [0, 0.05) is 32.4 Å². The first-order chi connectivity index (χ1) is 14.4. The molecule has 0 saturated heterocycles. The highest BCUT2D eigenvalue weighted by atomic mass is 79.9. The molecule has 0 radical (unpaired) electrons. The Balaban J connectivity index is 2.02. The number of benzene rings is 2. The van der Waals surface area contributed by atoms with E-state index in [1.54, 1.807) is 26.0 Å². The van der Waals surface area contributed by atoms with Crippen LogP contribution in [0.1, 0.15) is 41.3 Å². The van der Waals surface area contributed by atoms with Gasteiger partial charge in [0.2, 0.25) is 0 Å². The molecule has 0 unspecified atom stereocenters. The predicted molar refractivity (Wildman–Crippen MR) is 119 cm³/mol. The molecule has 0 saturated carbocycles. The third-order valence-corrected chi connectivity index (χ3v) is 6.04. The van der Waals surface area contributed by atoms with Gasteiger partial charge in [-0.15, -0.1) is 0 Å². The van der Waals surface area contributed by atoms with Gasteiger partial charge in [-0.25, -0.2) is 4.79 Å². The van der Waals surface area contributed by atoms with Gasteiger partial charge in [-0.3, -0.25) is 4.79 Å². The third-order valence-electron chi connectivity index (χ3n) is 5.30. The summed E-state index contributed by atoms with van der Waals surface area (Å²) in [5, 5.41) is 3.65. The summed E-state index contributed by atoms with van der Waals surface area (Å²) in [4.78, 5) is 26.4. The van der Waals surface area contributed by atoms with Gasteiger partial charge in [-0.05, 0) is 26.0 Å². The molecule has 1 heterocycles. The molecule has 30 heavy (non-hydrogen) atoms. The Morgan fingerprint density at radius 2 is 1.93 bits per heavy atom. The SMILES string of the molecule is CCOC(=O)C1=C(C)NC2=C(C(=O)c3ccccc32)[C@@H]1c1cc(Br)cc(Cl)c1OC. The van der Waals surface area contributed by atoms with E-state index in [9.17, 15) is 9.59 Å². The Kier molecular flexibility index (Phi) is 5.47. The summed E-state index contributed by atoms with van der Waals surface area (Å²) in [6.07, 6.45) is 0. The monoisotopic (exact) mass is 487 g/mol. The summed E-state index contributed by atoms with van der Waals surface area (Å²) in [5.41, 5.74) is 4.20. The van der Waals surface area contributed by atoms with Crippen LogP contribution < -0.4 is 10.1 Å². The van der Waals surface area contributed by atoms with Gasteiger partial charge >= 0.3 is 5.97 Å². The Labute approximate surface area is 187 Å². The zero-order chi connectivity index (χ0) is 21.6. The van der Waals surface area contributed by atoms with E-state index in [-0.39, 0.29) is 12.4 Å². The first-order valence-corrected chi connectivity index (χ1v) is 10.6. The smallest absolute Gasteiger partial charge is 0.336 e. The molecule has 7 heteroatoms. The van der Waals surface area contributed by atoms with E-state index >= 15 is 0 Å². The fourth-order valence-electron chi connectivity index (χ4n) is 4.13. The van der Waals surface area contributed by atoms with E-state index in [1.165, 1.54) is 7.11 Å². The normalized spacial score (nSPS) is 17.5. The van der Waals surface area contributed by atoms with Crippen molar-refractivity contribution >= 4 is 45.0 Å². The highest BCUT2D eigenvalue weighted by Gasteiger charge is 2.44. The minimum Gasteiger partial charge on any atom is -0.495 e. The molecule has 1 N–H and O–H groups in total. The Morgan fingerprint density at radius 3 is 2.60 bits per heavy atom. The quantitative estimate of drug-likeness (QED) is 0.596. The van der Waals surface area contributed by atoms with Crippen molar-refractivity contribution in [1.82, 2.24) is 5.32 Å². The largest absolute Gasteiger partial charge is 0.495 e. The van der Waals surface area contributed by atoms with Crippen LogP contribution in [0, 0.1) is 0 Å². The zero-order valence-corrected chi connectivity index (χ0v) is 19.0. The minimum atomic E-state index is -0.690. The van der Waals surface area contributed by atoms with E-state index in [1.807, 2.05) is 24.3 Å². The fourth-order valence-corrected chi connectivity index (χ4v) is 5.04. The number of carbonyl (C=O) groups is 2. The summed E-state index contributed by atoms with van der Waals surface area (Å²) < 4.78 is 11.6. The van der Waals surface area contributed by atoms with E-state index < -0.39 is 11.9 Å². The van der Waals surface area contributed by atoms with Gasteiger partial charge in [0.25, 0.3) is 0 Å². The number of rotatable bonds is 4. The maximum atomic E-state index is 13.5. The molecular weight excluding hydrogens is 470 g/mol. The molecule has 2 aromatic carbocycles. The summed E-state index contributed by atoms with van der Waals surface area (Å²) in [7, 11) is 1.51. The Hall–Kier alpha value is -2.57. The van der Waals surface area contributed by atoms with Crippen LogP contribution in [0.25, 0.3) is 5.70 Å². The van der Waals surface area contributed by atoms with Crippen LogP contribution in [-0.2, 0) is 9.53 Å². The lowest BCUT2D eigenvalue weighted by atomic mass is 9.79. The highest BCUT2D eigenvalue weighted by Crippen LogP contribution is 2.50. The third kappa shape index (κ3) is 3.15. The van der Waals surface area contributed by atoms with Crippen LogP contribution in [-0.4, -0.2) is 25.5 Å². The molecule has 0 spiro atoms. The number of esters is 1. The van der Waals surface area contributed by atoms with Crippen molar-refractivity contribution in [2.45, 2.75) is 19.8 Å². The molecular formula is C23H19BrClNO4. The van der Waals surface area contributed by atoms with Crippen molar-refractivity contribution < 1.29 is 19.1 Å². The lowest BCUT2D eigenvalue weighted by Crippen LogP contribution is -2.29. The molecule has 4 rings (SSSR count). The van der Waals surface area contributed by atoms with Crippen molar-refractivity contribution in [3.05, 3.63) is 79.4 Å².